The van der Waals surface area contributed by atoms with E-state index >= 15 is 0 Å². The first-order valence-corrected chi connectivity index (χ1v) is 8.47. The van der Waals surface area contributed by atoms with E-state index in [1.165, 1.54) is 5.56 Å². The highest BCUT2D eigenvalue weighted by atomic mass is 16.5. The highest BCUT2D eigenvalue weighted by Gasteiger charge is 2.25. The molecule has 1 amide bonds. The van der Waals surface area contributed by atoms with Gasteiger partial charge in [0.1, 0.15) is 5.75 Å². The zero-order chi connectivity index (χ0) is 16.5. The molecular weight excluding hydrogens is 306 g/mol. The molecule has 1 aromatic heterocycles. The number of aliphatic hydroxyl groups is 1. The number of para-hydroxylation sites is 1. The monoisotopic (exact) mass is 327 g/mol. The number of fused-ring (bicyclic) bond motifs is 1. The molecule has 24 heavy (non-hydrogen) atoms. The van der Waals surface area contributed by atoms with Crippen LogP contribution in [0.25, 0.3) is 11.3 Å². The summed E-state index contributed by atoms with van der Waals surface area (Å²) in [5.74, 6) is 1.63. The molecule has 1 aliphatic heterocycles. The van der Waals surface area contributed by atoms with E-state index in [2.05, 4.69) is 21.6 Å². The molecule has 2 atom stereocenters. The fourth-order valence-electron chi connectivity index (χ4n) is 3.64. The van der Waals surface area contributed by atoms with E-state index in [9.17, 15) is 9.90 Å². The lowest BCUT2D eigenvalue weighted by atomic mass is 10.0. The molecule has 3 N–H and O–H groups in total. The largest absolute Gasteiger partial charge is 0.492 e. The van der Waals surface area contributed by atoms with Crippen molar-refractivity contribution in [3.63, 3.8) is 0 Å². The number of aromatic amines is 1. The van der Waals surface area contributed by atoms with Gasteiger partial charge in [0.15, 0.2) is 5.82 Å². The number of hydrogen-bond acceptors (Lipinski definition) is 4. The van der Waals surface area contributed by atoms with E-state index in [4.69, 9.17) is 4.74 Å². The second-order valence-corrected chi connectivity index (χ2v) is 6.64. The number of rotatable bonds is 4. The van der Waals surface area contributed by atoms with E-state index in [1.54, 1.807) is 0 Å². The third-order valence-electron chi connectivity index (χ3n) is 4.84. The first-order chi connectivity index (χ1) is 11.7. The topological polar surface area (TPSA) is 87.2 Å². The molecule has 1 fully saturated rings. The molecule has 1 saturated carbocycles. The molecule has 0 saturated heterocycles. The van der Waals surface area contributed by atoms with Crippen LogP contribution in [0.1, 0.15) is 31.2 Å². The van der Waals surface area contributed by atoms with Crippen molar-refractivity contribution in [1.29, 1.82) is 0 Å². The Hall–Kier alpha value is -2.34. The van der Waals surface area contributed by atoms with Crippen molar-refractivity contribution >= 4 is 11.7 Å². The van der Waals surface area contributed by atoms with Crippen LogP contribution < -0.4 is 10.1 Å². The van der Waals surface area contributed by atoms with Gasteiger partial charge in [-0.05, 0) is 36.8 Å². The lowest BCUT2D eigenvalue weighted by molar-refractivity contribution is -0.117. The number of nitrogens with one attached hydrogen (secondary N) is 2. The van der Waals surface area contributed by atoms with Crippen LogP contribution in [0.15, 0.2) is 24.3 Å². The van der Waals surface area contributed by atoms with Crippen molar-refractivity contribution in [2.45, 2.75) is 38.2 Å². The van der Waals surface area contributed by atoms with E-state index in [0.717, 1.165) is 36.3 Å². The summed E-state index contributed by atoms with van der Waals surface area (Å²) in [4.78, 5) is 12.1. The highest BCUT2D eigenvalue weighted by Crippen LogP contribution is 2.36. The molecule has 1 aromatic carbocycles. The third kappa shape index (κ3) is 3.01. The standard InChI is InChI=1S/C18H21N3O3/c22-13-5-4-11(8-13)9-17(23)19-16-10-15(20-21-16)14-3-1-2-12-6-7-24-18(12)14/h1-3,10-11,13,22H,4-9H2,(H2,19,20,21,23). The summed E-state index contributed by atoms with van der Waals surface area (Å²) < 4.78 is 5.71. The number of hydrogen-bond donors (Lipinski definition) is 3. The summed E-state index contributed by atoms with van der Waals surface area (Å²) in [6, 6.07) is 7.90. The fraction of sp³-hybridized carbons (Fsp3) is 0.444. The van der Waals surface area contributed by atoms with Crippen LogP contribution in [0.2, 0.25) is 0 Å². The van der Waals surface area contributed by atoms with Gasteiger partial charge < -0.3 is 15.2 Å². The third-order valence-corrected chi connectivity index (χ3v) is 4.84. The lowest BCUT2D eigenvalue weighted by Gasteiger charge is -2.08. The number of aliphatic hydroxyl groups excluding tert-OH is 1. The molecule has 2 aromatic rings. The van der Waals surface area contributed by atoms with Crippen LogP contribution in [0.3, 0.4) is 0 Å². The van der Waals surface area contributed by atoms with Crippen molar-refractivity contribution in [2.24, 2.45) is 5.92 Å². The van der Waals surface area contributed by atoms with Crippen LogP contribution in [-0.2, 0) is 11.2 Å². The van der Waals surface area contributed by atoms with Gasteiger partial charge in [-0.3, -0.25) is 9.89 Å². The van der Waals surface area contributed by atoms with Crippen LogP contribution in [-0.4, -0.2) is 33.9 Å². The zero-order valence-electron chi connectivity index (χ0n) is 13.4. The summed E-state index contributed by atoms with van der Waals surface area (Å²) in [5, 5.41) is 19.5. The van der Waals surface area contributed by atoms with Gasteiger partial charge in [-0.1, -0.05) is 12.1 Å². The predicted octanol–water partition coefficient (Wildman–Crippen LogP) is 2.50. The summed E-state index contributed by atoms with van der Waals surface area (Å²) >= 11 is 0. The Labute approximate surface area is 140 Å². The first kappa shape index (κ1) is 15.2. The number of carbonyl (C=O) groups excluding carboxylic acids is 1. The van der Waals surface area contributed by atoms with Crippen molar-refractivity contribution in [3.05, 3.63) is 29.8 Å². The molecule has 6 nitrogen and oxygen atoms in total. The average Bonchev–Trinajstić information content (AvgIpc) is 3.27. The number of H-pyrrole nitrogens is 1. The van der Waals surface area contributed by atoms with Crippen LogP contribution in [0, 0.1) is 5.92 Å². The summed E-state index contributed by atoms with van der Waals surface area (Å²) in [6.07, 6.45) is 3.53. The Morgan fingerprint density at radius 3 is 3.17 bits per heavy atom. The minimum absolute atomic E-state index is 0.0540. The van der Waals surface area contributed by atoms with Crippen molar-refractivity contribution < 1.29 is 14.6 Å². The van der Waals surface area contributed by atoms with Crippen molar-refractivity contribution in [1.82, 2.24) is 10.2 Å². The van der Waals surface area contributed by atoms with Gasteiger partial charge >= 0.3 is 0 Å². The molecule has 0 bridgehead atoms. The summed E-state index contributed by atoms with van der Waals surface area (Å²) in [5.41, 5.74) is 3.00. The van der Waals surface area contributed by atoms with Crippen LogP contribution in [0.4, 0.5) is 5.82 Å². The predicted molar refractivity (Wildman–Crippen MR) is 89.8 cm³/mol. The number of benzene rings is 1. The molecule has 2 aliphatic rings. The lowest BCUT2D eigenvalue weighted by Crippen LogP contribution is -2.16. The van der Waals surface area contributed by atoms with E-state index in [1.807, 2.05) is 18.2 Å². The zero-order valence-corrected chi connectivity index (χ0v) is 13.4. The van der Waals surface area contributed by atoms with E-state index in [0.29, 0.717) is 25.3 Å². The van der Waals surface area contributed by atoms with Gasteiger partial charge in [0, 0.05) is 24.5 Å². The van der Waals surface area contributed by atoms with Crippen molar-refractivity contribution in [2.75, 3.05) is 11.9 Å². The van der Waals surface area contributed by atoms with Crippen LogP contribution in [0.5, 0.6) is 5.75 Å². The number of anilines is 1. The normalized spacial score (nSPS) is 22.2. The van der Waals surface area contributed by atoms with Gasteiger partial charge in [0.25, 0.3) is 0 Å². The van der Waals surface area contributed by atoms with Gasteiger partial charge in [-0.2, -0.15) is 5.10 Å². The van der Waals surface area contributed by atoms with Gasteiger partial charge in [-0.15, -0.1) is 0 Å². The number of aromatic nitrogens is 2. The molecule has 0 spiro atoms. The van der Waals surface area contributed by atoms with Crippen LogP contribution >= 0.6 is 0 Å². The Kier molecular flexibility index (Phi) is 3.98. The second-order valence-electron chi connectivity index (χ2n) is 6.64. The maximum atomic E-state index is 12.1. The number of ether oxygens (including phenoxy) is 1. The number of amides is 1. The molecule has 2 heterocycles. The average molecular weight is 327 g/mol. The molecule has 4 rings (SSSR count). The molecule has 2 unspecified atom stereocenters. The quantitative estimate of drug-likeness (QED) is 0.805. The minimum atomic E-state index is -0.250. The maximum Gasteiger partial charge on any atom is 0.225 e. The summed E-state index contributed by atoms with van der Waals surface area (Å²) in [7, 11) is 0. The Morgan fingerprint density at radius 1 is 1.42 bits per heavy atom. The Morgan fingerprint density at radius 2 is 2.33 bits per heavy atom. The van der Waals surface area contributed by atoms with Crippen molar-refractivity contribution in [3.8, 4) is 17.0 Å². The molecular formula is C18H21N3O3. The van der Waals surface area contributed by atoms with E-state index < -0.39 is 0 Å². The smallest absolute Gasteiger partial charge is 0.225 e. The maximum absolute atomic E-state index is 12.1. The Balaban J connectivity index is 1.44. The SMILES string of the molecule is O=C(CC1CCC(O)C1)Nc1cc(-c2cccc3c2OCC3)[nH]n1. The van der Waals surface area contributed by atoms with Gasteiger partial charge in [0.2, 0.25) is 5.91 Å². The molecule has 126 valence electrons. The summed E-state index contributed by atoms with van der Waals surface area (Å²) in [6.45, 7) is 0.706. The first-order valence-electron chi connectivity index (χ1n) is 8.47. The molecule has 6 heteroatoms. The minimum Gasteiger partial charge on any atom is -0.492 e. The fourth-order valence-corrected chi connectivity index (χ4v) is 3.64. The molecule has 1 aliphatic carbocycles. The molecule has 0 radical (unpaired) electrons. The van der Waals surface area contributed by atoms with Gasteiger partial charge in [0.05, 0.1) is 18.4 Å². The number of carbonyl (C=O) groups is 1. The van der Waals surface area contributed by atoms with Gasteiger partial charge in [-0.25, -0.2) is 0 Å². The second kappa shape index (κ2) is 6.28. The highest BCUT2D eigenvalue weighted by molar-refractivity contribution is 5.90. The number of nitrogens with zero attached hydrogens (tertiary/aromatic N) is 1. The Bertz CT molecular complexity index is 756. The van der Waals surface area contributed by atoms with E-state index in [-0.39, 0.29) is 17.9 Å².